The molecule has 12 aromatic carbocycles. The highest BCUT2D eigenvalue weighted by molar-refractivity contribution is 9.10. The summed E-state index contributed by atoms with van der Waals surface area (Å²) in [5.74, 6) is -0.815. The number of carbonyl (C=O) groups excluding carboxylic acids is 3. The Labute approximate surface area is 663 Å². The number of pyridine rings is 3. The van der Waals surface area contributed by atoms with Crippen LogP contribution in [0.3, 0.4) is 0 Å². The topological polar surface area (TPSA) is 153 Å². The number of carbonyl (C=O) groups is 4. The molecule has 3 aromatic heterocycles. The van der Waals surface area contributed by atoms with Crippen molar-refractivity contribution >= 4 is 67.3 Å². The minimum atomic E-state index is -0.833. The Morgan fingerprint density at radius 1 is 0.312 bits per heavy atom. The summed E-state index contributed by atoms with van der Waals surface area (Å²) in [6.07, 6.45) is 10.5. The number of aliphatic carboxylic acids is 1. The number of aromatic nitrogens is 3. The monoisotopic (exact) mass is 1610 g/mol. The molecule has 0 amide bonds. The number of Topliss-reactive ketones (excluding diaryl/α,β-unsaturated/α-hetero) is 1. The number of allylic oxidation sites excluding steroid dienone is 2. The third-order valence-corrected chi connectivity index (χ3v) is 18.2. The SMILES string of the molecule is Brc1cc(-c2cc(-c3ccccc3)nc(-c3ccc(-c4ccccc4)cc3)c2)cc(-c2cc(-c3ccccc3)nc(-c3ccc(-c4ccccc4)cc3)c2)c1.CC(=O)O.N.O=C(/C=C/c1cc(Br)cc(/C=C/C(=O)c2ccccc2)c1)c1ccccc1.O=C(C[n+]1ccccc1)c1ccc(-c2ccccc2)cc1.[Br-]. The zero-order chi connectivity index (χ0) is 74.1. The Morgan fingerprint density at radius 2 is 0.569 bits per heavy atom. The molecule has 4 N–H and O–H groups in total. The van der Waals surface area contributed by atoms with Crippen LogP contribution in [-0.4, -0.2) is 38.4 Å². The Bertz CT molecular complexity index is 5280. The number of halogens is 3. The van der Waals surface area contributed by atoms with Gasteiger partial charge in [0, 0.05) is 66.9 Å². The molecular weight excluding hydrogens is 1540 g/mol. The number of nitrogens with zero attached hydrogens (tertiary/aromatic N) is 3. The van der Waals surface area contributed by atoms with E-state index in [0.717, 1.165) is 111 Å². The molecule has 0 radical (unpaired) electrons. The maximum atomic E-state index is 12.2. The molecule has 0 bridgehead atoms. The minimum absolute atomic E-state index is 0. The van der Waals surface area contributed by atoms with Crippen LogP contribution in [0.25, 0.3) is 113 Å². The molecule has 0 saturated carbocycles. The summed E-state index contributed by atoms with van der Waals surface area (Å²) in [6, 6.07) is 122. The van der Waals surface area contributed by atoms with Crippen LogP contribution in [0.2, 0.25) is 0 Å². The van der Waals surface area contributed by atoms with E-state index in [2.05, 4.69) is 232 Å². The van der Waals surface area contributed by atoms with E-state index in [1.807, 2.05) is 156 Å². The third kappa shape index (κ3) is 22.7. The van der Waals surface area contributed by atoms with Crippen molar-refractivity contribution in [3.05, 3.63) is 425 Å². The molecule has 12 heteroatoms. The standard InChI is InChI=1S/C52H35BrN2.C24H17BrO2.C19H16NO.C2H4O2.BrH.H3N/c53-48-30-44(46-32-49(40-17-9-3-10-18-40)54-51(34-46)42-25-21-38(22-26-42)36-13-5-1-6-14-36)29-45(31-48)47-33-50(41-19-11-4-12-20-41)55-52(35-47)43-27-23-39(24-28-43)37-15-7-2-8-16-37;25-22-16-18(11-13-23(26)20-7-3-1-4-8-20)15-19(17-22)12-14-24(27)21-9-5-2-6-10-21;21-19(15-20-13-5-2-6-14-20)18-11-9-17(10-12-18)16-7-3-1-4-8-16;1-2(3)4;;/h1-35H;1-17H;1-14H,15H2;1H3,(H,3,4);1H;1H3/q;;+1;;;/p-1/b;13-11+,14-12+;;;;. The molecule has 0 aliphatic heterocycles. The third-order valence-electron chi connectivity index (χ3n) is 17.3. The fourth-order valence-electron chi connectivity index (χ4n) is 11.9. The van der Waals surface area contributed by atoms with Gasteiger partial charge in [0.05, 0.1) is 22.8 Å². The largest absolute Gasteiger partial charge is 1.00 e. The van der Waals surface area contributed by atoms with Gasteiger partial charge in [0.1, 0.15) is 0 Å². The number of hydrogen-bond donors (Lipinski definition) is 2. The zero-order valence-corrected chi connectivity index (χ0v) is 64.3. The second-order valence-corrected chi connectivity index (χ2v) is 26.8. The van der Waals surface area contributed by atoms with E-state index in [4.69, 9.17) is 19.9 Å². The van der Waals surface area contributed by atoms with Crippen molar-refractivity contribution in [2.45, 2.75) is 13.5 Å². The molecule has 0 aliphatic rings. The van der Waals surface area contributed by atoms with Crippen molar-refractivity contribution in [2.75, 3.05) is 0 Å². The number of rotatable bonds is 18. The highest BCUT2D eigenvalue weighted by Gasteiger charge is 2.16. The van der Waals surface area contributed by atoms with Gasteiger partial charge in [0.15, 0.2) is 24.0 Å². The lowest BCUT2D eigenvalue weighted by Gasteiger charge is -2.14. The molecule has 0 fully saturated rings. The van der Waals surface area contributed by atoms with Gasteiger partial charge in [0.25, 0.3) is 5.97 Å². The predicted octanol–water partition coefficient (Wildman–Crippen LogP) is 21.6. The Kier molecular flexibility index (Phi) is 28.8. The first-order valence-electron chi connectivity index (χ1n) is 34.8. The van der Waals surface area contributed by atoms with E-state index in [9.17, 15) is 14.4 Å². The normalized spacial score (nSPS) is 10.5. The number of carboxylic acid groups (broad SMARTS) is 1. The molecule has 9 nitrogen and oxygen atoms in total. The van der Waals surface area contributed by atoms with Gasteiger partial charge in [-0.05, 0) is 140 Å². The van der Waals surface area contributed by atoms with Gasteiger partial charge in [0.2, 0.25) is 12.3 Å². The summed E-state index contributed by atoms with van der Waals surface area (Å²) >= 11 is 7.37. The van der Waals surface area contributed by atoms with Crippen LogP contribution < -0.4 is 27.7 Å². The molecule has 0 unspecified atom stereocenters. The number of hydrogen-bond acceptors (Lipinski definition) is 7. The van der Waals surface area contributed by atoms with Crippen molar-refractivity contribution < 1.29 is 45.8 Å². The summed E-state index contributed by atoms with van der Waals surface area (Å²) in [5.41, 5.74) is 23.2. The fourth-order valence-corrected chi connectivity index (χ4v) is 12.9. The van der Waals surface area contributed by atoms with Crippen molar-refractivity contribution in [3.63, 3.8) is 0 Å². The average molecular weight is 1620 g/mol. The average Bonchev–Trinajstić information content (AvgIpc) is 0.786. The maximum absolute atomic E-state index is 12.2. The Hall–Kier alpha value is -12.6. The Balaban J connectivity index is 0.000000194. The molecular formula is C97H75Br3N4O5. The summed E-state index contributed by atoms with van der Waals surface area (Å²) in [4.78, 5) is 56.0. The van der Waals surface area contributed by atoms with Gasteiger partial charge in [-0.15, -0.1) is 0 Å². The van der Waals surface area contributed by atoms with Crippen molar-refractivity contribution in [2.24, 2.45) is 0 Å². The zero-order valence-electron chi connectivity index (χ0n) is 59.6. The predicted molar refractivity (Wildman–Crippen MR) is 448 cm³/mol. The maximum Gasteiger partial charge on any atom is 0.300 e. The van der Waals surface area contributed by atoms with E-state index >= 15 is 0 Å². The molecule has 15 rings (SSSR count). The van der Waals surface area contributed by atoms with E-state index in [-0.39, 0.29) is 40.5 Å². The van der Waals surface area contributed by atoms with Gasteiger partial charge in [-0.3, -0.25) is 19.2 Å². The van der Waals surface area contributed by atoms with Crippen LogP contribution in [0.4, 0.5) is 0 Å². The lowest BCUT2D eigenvalue weighted by molar-refractivity contribution is -0.683. The van der Waals surface area contributed by atoms with E-state index < -0.39 is 5.97 Å². The van der Waals surface area contributed by atoms with E-state index in [0.29, 0.717) is 17.7 Å². The second-order valence-electron chi connectivity index (χ2n) is 25.0. The van der Waals surface area contributed by atoms with Crippen LogP contribution in [0.1, 0.15) is 49.1 Å². The molecule has 15 aromatic rings. The van der Waals surface area contributed by atoms with Gasteiger partial charge >= 0.3 is 0 Å². The molecule has 0 spiro atoms. The first-order chi connectivity index (χ1) is 52.3. The second kappa shape index (κ2) is 39.7. The summed E-state index contributed by atoms with van der Waals surface area (Å²) in [7, 11) is 0. The Morgan fingerprint density at radius 3 is 0.908 bits per heavy atom. The van der Waals surface area contributed by atoms with Crippen molar-refractivity contribution in [1.82, 2.24) is 16.1 Å². The summed E-state index contributed by atoms with van der Waals surface area (Å²) < 4.78 is 3.76. The highest BCUT2D eigenvalue weighted by Crippen LogP contribution is 2.38. The van der Waals surface area contributed by atoms with Gasteiger partial charge < -0.3 is 28.2 Å². The number of benzene rings is 12. The molecule has 3 heterocycles. The number of ketones is 3. The lowest BCUT2D eigenvalue weighted by Crippen LogP contribution is -3.00. The molecule has 0 atom stereocenters. The summed E-state index contributed by atoms with van der Waals surface area (Å²) in [5, 5.41) is 7.42. The fraction of sp³-hybridized carbons (Fsp3) is 0.0206. The van der Waals surface area contributed by atoms with Crippen LogP contribution in [0.5, 0.6) is 0 Å². The van der Waals surface area contributed by atoms with Crippen LogP contribution >= 0.6 is 31.9 Å². The quantitative estimate of drug-likeness (QED) is 0.0489. The molecule has 0 saturated heterocycles. The lowest BCUT2D eigenvalue weighted by atomic mass is 9.95. The molecule has 0 aliphatic carbocycles. The van der Waals surface area contributed by atoms with Gasteiger partial charge in [-0.1, -0.05) is 335 Å². The van der Waals surface area contributed by atoms with Gasteiger partial charge in [-0.2, -0.15) is 4.57 Å². The smallest absolute Gasteiger partial charge is 0.300 e. The number of carboxylic acids is 1. The van der Waals surface area contributed by atoms with E-state index in [1.165, 1.54) is 22.3 Å². The van der Waals surface area contributed by atoms with Crippen LogP contribution in [0.15, 0.2) is 397 Å². The molecule has 109 heavy (non-hydrogen) atoms. The summed E-state index contributed by atoms with van der Waals surface area (Å²) in [6.45, 7) is 1.45. The van der Waals surface area contributed by atoms with Crippen LogP contribution in [0, 0.1) is 0 Å². The van der Waals surface area contributed by atoms with E-state index in [1.54, 1.807) is 48.6 Å². The first kappa shape index (κ1) is 79.0. The van der Waals surface area contributed by atoms with Crippen LogP contribution in [-0.2, 0) is 11.3 Å². The molecule has 534 valence electrons. The highest BCUT2D eigenvalue weighted by atomic mass is 79.9. The van der Waals surface area contributed by atoms with Crippen molar-refractivity contribution in [1.29, 1.82) is 0 Å². The first-order valence-corrected chi connectivity index (χ1v) is 36.4. The minimum Gasteiger partial charge on any atom is -1.00 e. The van der Waals surface area contributed by atoms with Crippen molar-refractivity contribution in [3.8, 4) is 101 Å². The van der Waals surface area contributed by atoms with Gasteiger partial charge in [-0.25, -0.2) is 9.97 Å².